The number of nitrogens with zero attached hydrogens (tertiary/aromatic N) is 1. The summed E-state index contributed by atoms with van der Waals surface area (Å²) in [6.45, 7) is 6.83. The molecule has 1 aliphatic heterocycles. The Morgan fingerprint density at radius 3 is 2.31 bits per heavy atom. The van der Waals surface area contributed by atoms with Crippen molar-refractivity contribution in [3.8, 4) is 5.75 Å². The van der Waals surface area contributed by atoms with Gasteiger partial charge in [0.2, 0.25) is 0 Å². The van der Waals surface area contributed by atoms with E-state index in [1.54, 1.807) is 48.5 Å². The fraction of sp³-hybridized carbons (Fsp3) is 0.281. The number of likely N-dealkylation sites (tertiary alicyclic amines) is 1. The molecule has 0 radical (unpaired) electrons. The van der Waals surface area contributed by atoms with Crippen molar-refractivity contribution in [2.45, 2.75) is 46.2 Å². The maximum atomic E-state index is 13.4. The van der Waals surface area contributed by atoms with Gasteiger partial charge in [-0.2, -0.15) is 0 Å². The molecule has 7 heteroatoms. The van der Waals surface area contributed by atoms with E-state index in [1.165, 1.54) is 4.90 Å². The number of carbonyl (C=O) groups is 3. The van der Waals surface area contributed by atoms with Crippen molar-refractivity contribution in [2.24, 2.45) is 0 Å². The molecule has 1 aliphatic rings. The number of Topliss-reactive ketones (excluding diaryl/α,β-unsaturated/α-hetero) is 1. The second-order valence-electron chi connectivity index (χ2n) is 9.55. The van der Waals surface area contributed by atoms with Crippen LogP contribution in [0, 0.1) is 6.92 Å². The van der Waals surface area contributed by atoms with Crippen molar-refractivity contribution in [3.63, 3.8) is 0 Å². The topological polar surface area (TPSA) is 93.1 Å². The Hall–Kier alpha value is -4.39. The molecule has 1 fully saturated rings. The zero-order valence-electron chi connectivity index (χ0n) is 22.5. The van der Waals surface area contributed by atoms with Crippen molar-refractivity contribution in [2.75, 3.05) is 13.2 Å². The lowest BCUT2D eigenvalue weighted by Gasteiger charge is -2.26. The molecule has 1 saturated heterocycles. The molecule has 1 N–H and O–H groups in total. The van der Waals surface area contributed by atoms with Gasteiger partial charge in [-0.05, 0) is 55.2 Å². The van der Waals surface area contributed by atoms with Gasteiger partial charge in [0.05, 0.1) is 30.4 Å². The van der Waals surface area contributed by atoms with Crippen LogP contribution in [-0.2, 0) is 20.9 Å². The van der Waals surface area contributed by atoms with Gasteiger partial charge in [-0.3, -0.25) is 9.59 Å². The zero-order chi connectivity index (χ0) is 27.9. The number of ether oxygens (including phenoxy) is 2. The van der Waals surface area contributed by atoms with Crippen LogP contribution in [0.3, 0.4) is 0 Å². The molecule has 3 aromatic carbocycles. The molecule has 7 nitrogen and oxygen atoms in total. The monoisotopic (exact) mass is 527 g/mol. The fourth-order valence-corrected chi connectivity index (χ4v) is 4.56. The summed E-state index contributed by atoms with van der Waals surface area (Å²) in [6, 6.07) is 20.4. The van der Waals surface area contributed by atoms with E-state index in [2.05, 4.69) is 0 Å². The molecule has 0 spiro atoms. The van der Waals surface area contributed by atoms with Gasteiger partial charge in [0, 0.05) is 12.1 Å². The average Bonchev–Trinajstić information content (AvgIpc) is 3.19. The number of hydrogen-bond donors (Lipinski definition) is 1. The highest BCUT2D eigenvalue weighted by atomic mass is 16.5. The number of rotatable bonds is 10. The Balaban J connectivity index is 1.72. The first-order valence-electron chi connectivity index (χ1n) is 13.2. The van der Waals surface area contributed by atoms with Gasteiger partial charge >= 0.3 is 5.97 Å². The van der Waals surface area contributed by atoms with E-state index in [9.17, 15) is 19.5 Å². The van der Waals surface area contributed by atoms with Crippen molar-refractivity contribution >= 4 is 23.4 Å². The van der Waals surface area contributed by atoms with Crippen LogP contribution in [0.15, 0.2) is 78.4 Å². The first-order valence-corrected chi connectivity index (χ1v) is 13.2. The molecule has 3 aromatic rings. The van der Waals surface area contributed by atoms with E-state index in [-0.39, 0.29) is 17.9 Å². The minimum absolute atomic E-state index is 0.0259. The molecule has 1 amide bonds. The Bertz CT molecular complexity index is 1390. The first-order chi connectivity index (χ1) is 18.8. The van der Waals surface area contributed by atoms with Crippen LogP contribution in [0.2, 0.25) is 0 Å². The number of ketones is 1. The Kier molecular flexibility index (Phi) is 8.81. The third-order valence-corrected chi connectivity index (χ3v) is 6.46. The van der Waals surface area contributed by atoms with Gasteiger partial charge < -0.3 is 19.5 Å². The SMILES string of the molecule is CCCOC(=O)c1ccc(CN2C(=O)C(=O)/C(=C(/O)c3cccc(OCCC)c3)C2c2cccc(C)c2)cc1. The predicted octanol–water partition coefficient (Wildman–Crippen LogP) is 5.97. The number of aliphatic hydroxyl groups excluding tert-OH is 1. The maximum absolute atomic E-state index is 13.4. The minimum atomic E-state index is -0.792. The van der Waals surface area contributed by atoms with Crippen molar-refractivity contribution in [1.29, 1.82) is 0 Å². The molecular weight excluding hydrogens is 494 g/mol. The summed E-state index contributed by atoms with van der Waals surface area (Å²) in [5.41, 5.74) is 3.25. The Labute approximate surface area is 228 Å². The second-order valence-corrected chi connectivity index (χ2v) is 9.55. The normalized spacial score (nSPS) is 16.4. The van der Waals surface area contributed by atoms with Crippen LogP contribution in [0.5, 0.6) is 5.75 Å². The van der Waals surface area contributed by atoms with E-state index < -0.39 is 23.7 Å². The zero-order valence-corrected chi connectivity index (χ0v) is 22.5. The van der Waals surface area contributed by atoms with Crippen molar-refractivity contribution in [3.05, 3.63) is 106 Å². The van der Waals surface area contributed by atoms with Crippen LogP contribution in [-0.4, -0.2) is 40.9 Å². The molecule has 1 atom stereocenters. The number of aliphatic hydroxyl groups is 1. The summed E-state index contributed by atoms with van der Waals surface area (Å²) in [4.78, 5) is 40.4. The standard InChI is InChI=1S/C32H33NO6/c1-4-16-38-26-11-7-10-25(19-26)29(34)27-28(24-9-6-8-21(3)18-24)33(31(36)30(27)35)20-22-12-14-23(15-13-22)32(37)39-17-5-2/h6-15,18-19,28,34H,4-5,16-17,20H2,1-3H3/b29-27+. The number of aryl methyl sites for hydroxylation is 1. The first kappa shape index (κ1) is 27.6. The highest BCUT2D eigenvalue weighted by Gasteiger charge is 2.46. The fourth-order valence-electron chi connectivity index (χ4n) is 4.56. The van der Waals surface area contributed by atoms with Gasteiger partial charge in [0.25, 0.3) is 11.7 Å². The molecule has 0 saturated carbocycles. The number of benzene rings is 3. The largest absolute Gasteiger partial charge is 0.507 e. The van der Waals surface area contributed by atoms with Gasteiger partial charge in [-0.25, -0.2) is 4.79 Å². The summed E-state index contributed by atoms with van der Waals surface area (Å²) in [6.07, 6.45) is 1.56. The van der Waals surface area contributed by atoms with Crippen LogP contribution in [0.25, 0.3) is 5.76 Å². The third kappa shape index (κ3) is 6.20. The molecule has 4 rings (SSSR count). The summed E-state index contributed by atoms with van der Waals surface area (Å²) in [5, 5.41) is 11.4. The van der Waals surface area contributed by atoms with Gasteiger partial charge in [0.1, 0.15) is 11.5 Å². The van der Waals surface area contributed by atoms with E-state index in [1.807, 2.05) is 45.0 Å². The van der Waals surface area contributed by atoms with E-state index in [0.29, 0.717) is 35.7 Å². The van der Waals surface area contributed by atoms with Crippen LogP contribution in [0.1, 0.15) is 65.3 Å². The lowest BCUT2D eigenvalue weighted by molar-refractivity contribution is -0.140. The summed E-state index contributed by atoms with van der Waals surface area (Å²) in [5.74, 6) is -1.54. The number of amides is 1. The average molecular weight is 528 g/mol. The summed E-state index contributed by atoms with van der Waals surface area (Å²) < 4.78 is 10.9. The highest BCUT2D eigenvalue weighted by Crippen LogP contribution is 2.40. The Morgan fingerprint density at radius 1 is 0.897 bits per heavy atom. The summed E-state index contributed by atoms with van der Waals surface area (Å²) >= 11 is 0. The van der Waals surface area contributed by atoms with Crippen molar-refractivity contribution < 1.29 is 29.0 Å². The smallest absolute Gasteiger partial charge is 0.338 e. The maximum Gasteiger partial charge on any atom is 0.338 e. The molecule has 39 heavy (non-hydrogen) atoms. The van der Waals surface area contributed by atoms with Gasteiger partial charge in [-0.15, -0.1) is 0 Å². The second kappa shape index (κ2) is 12.4. The van der Waals surface area contributed by atoms with E-state index in [4.69, 9.17) is 9.47 Å². The molecular formula is C32H33NO6. The quantitative estimate of drug-likeness (QED) is 0.151. The highest BCUT2D eigenvalue weighted by molar-refractivity contribution is 6.46. The van der Waals surface area contributed by atoms with Gasteiger partial charge in [-0.1, -0.05) is 67.9 Å². The molecule has 0 bridgehead atoms. The number of carbonyl (C=O) groups excluding carboxylic acids is 3. The Morgan fingerprint density at radius 2 is 1.62 bits per heavy atom. The molecule has 1 unspecified atom stereocenters. The molecule has 0 aliphatic carbocycles. The third-order valence-electron chi connectivity index (χ3n) is 6.46. The van der Waals surface area contributed by atoms with Crippen molar-refractivity contribution in [1.82, 2.24) is 4.90 Å². The lowest BCUT2D eigenvalue weighted by atomic mass is 9.94. The van der Waals surface area contributed by atoms with Crippen LogP contribution < -0.4 is 4.74 Å². The number of hydrogen-bond acceptors (Lipinski definition) is 6. The summed E-state index contributed by atoms with van der Waals surface area (Å²) in [7, 11) is 0. The van der Waals surface area contributed by atoms with Crippen LogP contribution in [0.4, 0.5) is 0 Å². The van der Waals surface area contributed by atoms with Crippen LogP contribution >= 0.6 is 0 Å². The minimum Gasteiger partial charge on any atom is -0.507 e. The molecule has 0 aromatic heterocycles. The van der Waals surface area contributed by atoms with E-state index in [0.717, 1.165) is 24.0 Å². The predicted molar refractivity (Wildman–Crippen MR) is 148 cm³/mol. The molecule has 202 valence electrons. The van der Waals surface area contributed by atoms with Gasteiger partial charge in [0.15, 0.2) is 0 Å². The lowest BCUT2D eigenvalue weighted by Crippen LogP contribution is -2.29. The van der Waals surface area contributed by atoms with E-state index >= 15 is 0 Å². The number of esters is 1. The molecule has 1 heterocycles.